The van der Waals surface area contributed by atoms with Gasteiger partial charge in [-0.25, -0.2) is 9.59 Å². The van der Waals surface area contributed by atoms with Crippen molar-refractivity contribution < 1.29 is 28.9 Å². The maximum Gasteiger partial charge on any atom is 0.367 e. The van der Waals surface area contributed by atoms with Gasteiger partial charge in [0, 0.05) is 22.3 Å². The highest BCUT2D eigenvalue weighted by molar-refractivity contribution is 6.34. The fraction of sp³-hybridized carbons (Fsp3) is 0.0526. The van der Waals surface area contributed by atoms with Gasteiger partial charge in [-0.2, -0.15) is 0 Å². The van der Waals surface area contributed by atoms with Gasteiger partial charge in [-0.3, -0.25) is 9.59 Å². The van der Waals surface area contributed by atoms with Crippen LogP contribution in [-0.4, -0.2) is 48.3 Å². The smallest absolute Gasteiger partial charge is 0.346 e. The quantitative estimate of drug-likeness (QED) is 0.0817. The highest BCUT2D eigenvalue weighted by atomic mass is 35.5. The van der Waals surface area contributed by atoms with E-state index in [2.05, 4.69) is 20.9 Å². The number of benzene rings is 5. The van der Waals surface area contributed by atoms with Crippen molar-refractivity contribution in [3.8, 4) is 0 Å². The van der Waals surface area contributed by atoms with Gasteiger partial charge in [-0.05, 0) is 48.5 Å². The van der Waals surface area contributed by atoms with Crippen LogP contribution in [0.2, 0.25) is 10.0 Å². The second-order valence-corrected chi connectivity index (χ2v) is 11.3. The van der Waals surface area contributed by atoms with Crippen molar-refractivity contribution in [3.05, 3.63) is 177 Å². The molecule has 0 radical (unpaired) electrons. The van der Waals surface area contributed by atoms with Gasteiger partial charge in [0.05, 0.1) is 34.3 Å². The summed E-state index contributed by atoms with van der Waals surface area (Å²) in [7, 11) is 0. The lowest BCUT2D eigenvalue weighted by atomic mass is 10.1. The lowest BCUT2D eigenvalue weighted by Crippen LogP contribution is -2.31. The van der Waals surface area contributed by atoms with E-state index in [0.29, 0.717) is 22.6 Å². The third-order valence-electron chi connectivity index (χ3n) is 7.12. The molecule has 12 heteroatoms. The Balaban J connectivity index is 1.21. The number of nitrogens with one attached hydrogen (secondary N) is 2. The van der Waals surface area contributed by atoms with E-state index in [1.807, 2.05) is 12.1 Å². The minimum absolute atomic E-state index is 0.0659. The topological polar surface area (TPSA) is 136 Å². The number of amides is 2. The lowest BCUT2D eigenvalue weighted by Gasteiger charge is -2.10. The van der Waals surface area contributed by atoms with Crippen molar-refractivity contribution in [1.29, 1.82) is 0 Å². The first kappa shape index (κ1) is 35.2. The number of halogens is 2. The summed E-state index contributed by atoms with van der Waals surface area (Å²) in [6.07, 6.45) is 0. The summed E-state index contributed by atoms with van der Waals surface area (Å²) in [5.41, 5.74) is 2.71. The number of oxime groups is 2. The van der Waals surface area contributed by atoms with E-state index in [-0.39, 0.29) is 45.4 Å². The number of hydrogen-bond acceptors (Lipinski definition) is 8. The summed E-state index contributed by atoms with van der Waals surface area (Å²) < 4.78 is 0. The van der Waals surface area contributed by atoms with Crippen molar-refractivity contribution in [2.45, 2.75) is 0 Å². The zero-order valence-corrected chi connectivity index (χ0v) is 27.7. The molecule has 0 aliphatic heterocycles. The van der Waals surface area contributed by atoms with Crippen LogP contribution in [-0.2, 0) is 9.68 Å². The van der Waals surface area contributed by atoms with E-state index in [1.165, 1.54) is 36.4 Å². The molecule has 50 heavy (non-hydrogen) atoms. The predicted molar refractivity (Wildman–Crippen MR) is 191 cm³/mol. The summed E-state index contributed by atoms with van der Waals surface area (Å²) in [5, 5.41) is 14.0. The average molecular weight is 708 g/mol. The zero-order chi connectivity index (χ0) is 35.3. The normalized spacial score (nSPS) is 11.3. The molecule has 2 N–H and O–H groups in total. The van der Waals surface area contributed by atoms with Gasteiger partial charge >= 0.3 is 11.9 Å². The van der Waals surface area contributed by atoms with E-state index < -0.39 is 23.8 Å². The maximum absolute atomic E-state index is 13.0. The molecule has 2 amide bonds. The summed E-state index contributed by atoms with van der Waals surface area (Å²) >= 11 is 12.2. The van der Waals surface area contributed by atoms with Gasteiger partial charge in [0.15, 0.2) is 0 Å². The van der Waals surface area contributed by atoms with Crippen LogP contribution in [0.4, 0.5) is 0 Å². The van der Waals surface area contributed by atoms with Crippen LogP contribution in [0.15, 0.2) is 144 Å². The molecule has 0 atom stereocenters. The Labute approximate surface area is 297 Å². The molecule has 5 aromatic rings. The van der Waals surface area contributed by atoms with Gasteiger partial charge in [-0.1, -0.05) is 118 Å². The van der Waals surface area contributed by atoms with Crippen molar-refractivity contribution in [1.82, 2.24) is 10.6 Å². The number of carbonyl (C=O) groups excluding carboxylic acids is 4. The Bertz CT molecular complexity index is 1910. The first-order valence-electron chi connectivity index (χ1n) is 15.1. The van der Waals surface area contributed by atoms with Crippen LogP contribution >= 0.6 is 23.2 Å². The minimum atomic E-state index is -0.746. The molecule has 0 spiro atoms. The second kappa shape index (κ2) is 17.3. The van der Waals surface area contributed by atoms with E-state index in [0.717, 1.165) is 0 Å². The van der Waals surface area contributed by atoms with E-state index in [4.69, 9.17) is 32.9 Å². The summed E-state index contributed by atoms with van der Waals surface area (Å²) in [4.78, 5) is 61.5. The Morgan fingerprint density at radius 3 is 1.16 bits per heavy atom. The van der Waals surface area contributed by atoms with Gasteiger partial charge < -0.3 is 20.3 Å². The molecule has 5 aromatic carbocycles. The number of hydrogen-bond donors (Lipinski definition) is 2. The first-order valence-corrected chi connectivity index (χ1v) is 15.9. The molecular formula is C38H28Cl2N4O6. The molecule has 0 aromatic heterocycles. The monoisotopic (exact) mass is 706 g/mol. The van der Waals surface area contributed by atoms with Gasteiger partial charge in [0.25, 0.3) is 11.8 Å². The molecule has 0 bridgehead atoms. The third kappa shape index (κ3) is 9.50. The van der Waals surface area contributed by atoms with Crippen molar-refractivity contribution >= 4 is 58.4 Å². The molecule has 0 aliphatic carbocycles. The first-order chi connectivity index (χ1) is 24.3. The maximum atomic E-state index is 13.0. The Morgan fingerprint density at radius 1 is 0.460 bits per heavy atom. The Hall–Kier alpha value is -6.10. The average Bonchev–Trinajstić information content (AvgIpc) is 3.15. The lowest BCUT2D eigenvalue weighted by molar-refractivity contribution is 0.0507. The van der Waals surface area contributed by atoms with Crippen molar-refractivity contribution in [3.63, 3.8) is 0 Å². The summed E-state index contributed by atoms with van der Waals surface area (Å²) in [5.74, 6) is -2.39. The minimum Gasteiger partial charge on any atom is -0.346 e. The van der Waals surface area contributed by atoms with Gasteiger partial charge in [-0.15, -0.1) is 0 Å². The molecule has 0 heterocycles. The number of rotatable bonds is 12. The second-order valence-electron chi connectivity index (χ2n) is 10.5. The number of carbonyl (C=O) groups is 4. The largest absolute Gasteiger partial charge is 0.367 e. The van der Waals surface area contributed by atoms with Crippen LogP contribution in [0.3, 0.4) is 0 Å². The van der Waals surface area contributed by atoms with Crippen LogP contribution in [0.25, 0.3) is 0 Å². The fourth-order valence-corrected chi connectivity index (χ4v) is 4.91. The standard InChI is InChI=1S/C38H28Cl2N4O6/c39-31-17-9-7-15-29(31)37(47)49-43-33(25-11-3-1-4-12-25)23-41-35(45)27-19-21-28(22-20-27)36(46)42-24-34(26-13-5-2-6-14-26)44-50-38(48)30-16-8-10-18-32(30)40/h1-22H,23-24H2,(H,41,45)(H,42,46)/b43-33-,44-34-. The molecule has 10 nitrogen and oxygen atoms in total. The molecule has 0 unspecified atom stereocenters. The van der Waals surface area contributed by atoms with Crippen LogP contribution in [0.1, 0.15) is 52.6 Å². The fourth-order valence-electron chi connectivity index (χ4n) is 4.49. The molecule has 0 fully saturated rings. The molecular weight excluding hydrogens is 679 g/mol. The highest BCUT2D eigenvalue weighted by Gasteiger charge is 2.16. The molecule has 0 saturated heterocycles. The Morgan fingerprint density at radius 2 is 0.800 bits per heavy atom. The Kier molecular flexibility index (Phi) is 12.2. The van der Waals surface area contributed by atoms with Crippen LogP contribution in [0, 0.1) is 0 Å². The molecule has 0 aliphatic rings. The van der Waals surface area contributed by atoms with E-state index in [9.17, 15) is 19.2 Å². The summed E-state index contributed by atoms with van der Waals surface area (Å²) in [6.45, 7) is -0.132. The number of nitrogens with zero attached hydrogens (tertiary/aromatic N) is 2. The van der Waals surface area contributed by atoms with Gasteiger partial charge in [0.1, 0.15) is 11.4 Å². The molecule has 5 rings (SSSR count). The van der Waals surface area contributed by atoms with Crippen molar-refractivity contribution in [2.24, 2.45) is 10.3 Å². The highest BCUT2D eigenvalue weighted by Crippen LogP contribution is 2.17. The van der Waals surface area contributed by atoms with Crippen LogP contribution < -0.4 is 10.6 Å². The summed E-state index contributed by atoms with van der Waals surface area (Å²) in [6, 6.07) is 36.7. The van der Waals surface area contributed by atoms with E-state index in [1.54, 1.807) is 84.9 Å². The molecule has 250 valence electrons. The SMILES string of the molecule is O=C(NC/C(=N/OC(=O)c1ccccc1Cl)c1ccccc1)c1ccc(C(=O)NC/C(=N/OC(=O)c2ccccc2Cl)c2ccccc2)cc1. The predicted octanol–water partition coefficient (Wildman–Crippen LogP) is 6.98. The van der Waals surface area contributed by atoms with Crippen LogP contribution in [0.5, 0.6) is 0 Å². The van der Waals surface area contributed by atoms with Gasteiger partial charge in [0.2, 0.25) is 0 Å². The van der Waals surface area contributed by atoms with Crippen molar-refractivity contribution in [2.75, 3.05) is 13.1 Å². The third-order valence-corrected chi connectivity index (χ3v) is 7.78. The molecule has 0 saturated carbocycles. The van der Waals surface area contributed by atoms with E-state index >= 15 is 0 Å². The zero-order valence-electron chi connectivity index (χ0n) is 26.2.